The van der Waals surface area contributed by atoms with Gasteiger partial charge in [-0.15, -0.1) is 0 Å². The number of carbonyl (C=O) groups is 1. The number of halogens is 4. The Morgan fingerprint density at radius 3 is 2.21 bits per heavy atom. The van der Waals surface area contributed by atoms with Crippen LogP contribution >= 0.6 is 0 Å². The van der Waals surface area contributed by atoms with Crippen molar-refractivity contribution in [3.05, 3.63) is 12.2 Å². The first-order valence-electron chi connectivity index (χ1n) is 9.38. The number of carbonyl (C=O) groups excluding carboxylic acids is 1. The first-order valence-corrected chi connectivity index (χ1v) is 10.8. The van der Waals surface area contributed by atoms with E-state index in [9.17, 15) is 30.8 Å². The SMILES string of the molecule is C=C(COCCCCC(F)(F)C(F)(F)S(=O)(=O)O)C(=O)OC1(C(C)C)CCCC1. The topological polar surface area (TPSA) is 89.9 Å². The summed E-state index contributed by atoms with van der Waals surface area (Å²) in [5.74, 6) is -5.37. The zero-order valence-electron chi connectivity index (χ0n) is 16.6. The van der Waals surface area contributed by atoms with Crippen LogP contribution < -0.4 is 0 Å². The van der Waals surface area contributed by atoms with Gasteiger partial charge in [0.1, 0.15) is 5.60 Å². The van der Waals surface area contributed by atoms with E-state index in [4.69, 9.17) is 14.0 Å². The quantitative estimate of drug-likeness (QED) is 0.157. The summed E-state index contributed by atoms with van der Waals surface area (Å²) >= 11 is 0. The van der Waals surface area contributed by atoms with Crippen molar-refractivity contribution in [2.75, 3.05) is 13.2 Å². The lowest BCUT2D eigenvalue weighted by atomic mass is 9.88. The zero-order chi connectivity index (χ0) is 22.5. The minimum absolute atomic E-state index is 0.0557. The van der Waals surface area contributed by atoms with E-state index in [0.29, 0.717) is 0 Å². The smallest absolute Gasteiger partial charge is 0.431 e. The van der Waals surface area contributed by atoms with E-state index < -0.39 is 45.7 Å². The van der Waals surface area contributed by atoms with Gasteiger partial charge in [-0.3, -0.25) is 4.55 Å². The lowest BCUT2D eigenvalue weighted by Crippen LogP contribution is -2.46. The van der Waals surface area contributed by atoms with Crippen molar-refractivity contribution in [2.24, 2.45) is 5.92 Å². The summed E-state index contributed by atoms with van der Waals surface area (Å²) in [6, 6.07) is 0. The third kappa shape index (κ3) is 6.39. The van der Waals surface area contributed by atoms with Crippen LogP contribution in [0.5, 0.6) is 0 Å². The first-order chi connectivity index (χ1) is 13.2. The molecule has 0 aliphatic heterocycles. The number of hydrogen-bond donors (Lipinski definition) is 1. The number of unbranched alkanes of at least 4 members (excludes halogenated alkanes) is 1. The maximum Gasteiger partial charge on any atom is 0.431 e. The van der Waals surface area contributed by atoms with Gasteiger partial charge < -0.3 is 9.47 Å². The maximum atomic E-state index is 13.3. The fourth-order valence-corrected chi connectivity index (χ4v) is 3.65. The molecule has 29 heavy (non-hydrogen) atoms. The average molecular weight is 448 g/mol. The summed E-state index contributed by atoms with van der Waals surface area (Å²) in [4.78, 5) is 12.2. The van der Waals surface area contributed by atoms with Crippen molar-refractivity contribution in [1.82, 2.24) is 0 Å². The van der Waals surface area contributed by atoms with Gasteiger partial charge in [0.05, 0.1) is 12.2 Å². The molecule has 1 fully saturated rings. The molecule has 0 heterocycles. The van der Waals surface area contributed by atoms with Crippen LogP contribution in [0, 0.1) is 5.92 Å². The van der Waals surface area contributed by atoms with Gasteiger partial charge in [-0.1, -0.05) is 20.4 Å². The fourth-order valence-electron chi connectivity index (χ4n) is 3.17. The van der Waals surface area contributed by atoms with Gasteiger partial charge >= 0.3 is 27.3 Å². The van der Waals surface area contributed by atoms with Gasteiger partial charge in [0.25, 0.3) is 0 Å². The predicted molar refractivity (Wildman–Crippen MR) is 97.4 cm³/mol. The molecule has 11 heteroatoms. The monoisotopic (exact) mass is 448 g/mol. The normalized spacial score (nSPS) is 17.5. The van der Waals surface area contributed by atoms with E-state index in [-0.39, 0.29) is 31.1 Å². The molecule has 6 nitrogen and oxygen atoms in total. The van der Waals surface area contributed by atoms with Crippen LogP contribution in [0.4, 0.5) is 17.6 Å². The molecule has 0 aromatic heterocycles. The van der Waals surface area contributed by atoms with E-state index in [1.807, 2.05) is 13.8 Å². The Kier molecular flexibility index (Phi) is 8.68. The third-order valence-electron chi connectivity index (χ3n) is 5.14. The second-order valence-electron chi connectivity index (χ2n) is 7.63. The molecule has 0 unspecified atom stereocenters. The molecule has 0 amide bonds. The third-order valence-corrected chi connectivity index (χ3v) is 6.09. The van der Waals surface area contributed by atoms with Gasteiger partial charge in [-0.05, 0) is 44.4 Å². The molecule has 0 radical (unpaired) electrons. The highest BCUT2D eigenvalue weighted by molar-refractivity contribution is 7.87. The molecule has 1 saturated carbocycles. The van der Waals surface area contributed by atoms with Crippen LogP contribution in [0.2, 0.25) is 0 Å². The second kappa shape index (κ2) is 9.74. The minimum Gasteiger partial charge on any atom is -0.455 e. The number of alkyl halides is 4. The van der Waals surface area contributed by atoms with Crippen LogP contribution in [0.3, 0.4) is 0 Å². The molecule has 170 valence electrons. The lowest BCUT2D eigenvalue weighted by molar-refractivity contribution is -0.165. The summed E-state index contributed by atoms with van der Waals surface area (Å²) < 4.78 is 92.6. The molecule has 0 aromatic rings. The zero-order valence-corrected chi connectivity index (χ0v) is 17.4. The van der Waals surface area contributed by atoms with E-state index in [0.717, 1.165) is 25.7 Å². The highest BCUT2D eigenvalue weighted by Crippen LogP contribution is 2.42. The van der Waals surface area contributed by atoms with Crippen LogP contribution in [-0.2, 0) is 24.4 Å². The molecule has 1 N–H and O–H groups in total. The number of esters is 1. The summed E-state index contributed by atoms with van der Waals surface area (Å²) in [5.41, 5.74) is -0.468. The van der Waals surface area contributed by atoms with Crippen molar-refractivity contribution in [3.8, 4) is 0 Å². The van der Waals surface area contributed by atoms with E-state index in [2.05, 4.69) is 6.58 Å². The van der Waals surface area contributed by atoms with Crippen molar-refractivity contribution in [3.63, 3.8) is 0 Å². The van der Waals surface area contributed by atoms with E-state index in [1.165, 1.54) is 0 Å². The summed E-state index contributed by atoms with van der Waals surface area (Å²) in [5, 5.41) is -5.56. The standard InChI is InChI=1S/C18H28F4O6S/c1-13(2)16(8-4-5-9-16)28-15(23)14(3)12-27-11-7-6-10-17(19,20)18(21,22)29(24,25)26/h13H,3-12H2,1-2H3,(H,24,25,26). The molecule has 0 atom stereocenters. The van der Waals surface area contributed by atoms with E-state index >= 15 is 0 Å². The van der Waals surface area contributed by atoms with Crippen LogP contribution in [-0.4, -0.2) is 48.9 Å². The Morgan fingerprint density at radius 2 is 1.72 bits per heavy atom. The van der Waals surface area contributed by atoms with Gasteiger partial charge in [0.15, 0.2) is 0 Å². The Balaban J connectivity index is 2.36. The van der Waals surface area contributed by atoms with Crippen molar-refractivity contribution in [2.45, 2.75) is 75.6 Å². The Bertz CT molecular complexity index is 684. The number of rotatable bonds is 12. The van der Waals surface area contributed by atoms with Crippen molar-refractivity contribution in [1.29, 1.82) is 0 Å². The number of hydrogen-bond acceptors (Lipinski definition) is 5. The molecule has 0 aromatic carbocycles. The van der Waals surface area contributed by atoms with Crippen LogP contribution in [0.1, 0.15) is 58.8 Å². The van der Waals surface area contributed by atoms with Crippen LogP contribution in [0.25, 0.3) is 0 Å². The molecule has 0 spiro atoms. The average Bonchev–Trinajstić information content (AvgIpc) is 3.06. The van der Waals surface area contributed by atoms with Gasteiger partial charge in [0.2, 0.25) is 0 Å². The maximum absolute atomic E-state index is 13.3. The highest BCUT2D eigenvalue weighted by Gasteiger charge is 2.64. The Hall–Kier alpha value is -1.20. The molecule has 1 aliphatic rings. The van der Waals surface area contributed by atoms with Crippen molar-refractivity contribution >= 4 is 16.1 Å². The van der Waals surface area contributed by atoms with Gasteiger partial charge in [0, 0.05) is 13.0 Å². The highest BCUT2D eigenvalue weighted by atomic mass is 32.2. The van der Waals surface area contributed by atoms with Crippen LogP contribution in [0.15, 0.2) is 12.2 Å². The number of ether oxygens (including phenoxy) is 2. The summed E-state index contributed by atoms with van der Waals surface area (Å²) in [7, 11) is -6.23. The first kappa shape index (κ1) is 25.8. The predicted octanol–water partition coefficient (Wildman–Crippen LogP) is 4.36. The van der Waals surface area contributed by atoms with E-state index in [1.54, 1.807) is 0 Å². The molecule has 1 rings (SSSR count). The fraction of sp³-hybridized carbons (Fsp3) is 0.833. The summed E-state index contributed by atoms with van der Waals surface area (Å²) in [6.45, 7) is 7.20. The van der Waals surface area contributed by atoms with Gasteiger partial charge in [-0.25, -0.2) is 4.79 Å². The second-order valence-corrected chi connectivity index (χ2v) is 9.09. The molecular weight excluding hydrogens is 420 g/mol. The van der Waals surface area contributed by atoms with Crippen molar-refractivity contribution < 1.29 is 44.8 Å². The minimum atomic E-state index is -6.23. The Morgan fingerprint density at radius 1 is 1.17 bits per heavy atom. The lowest BCUT2D eigenvalue weighted by Gasteiger charge is -2.33. The van der Waals surface area contributed by atoms with Gasteiger partial charge in [-0.2, -0.15) is 26.0 Å². The largest absolute Gasteiger partial charge is 0.455 e. The molecule has 0 bridgehead atoms. The molecule has 0 saturated heterocycles. The molecule has 1 aliphatic carbocycles. The molecular formula is C18H28F4O6S. The summed E-state index contributed by atoms with van der Waals surface area (Å²) in [6.07, 6.45) is 1.45. The Labute approximate surface area is 168 Å².